The van der Waals surface area contributed by atoms with Gasteiger partial charge in [0.1, 0.15) is 0 Å². The van der Waals surface area contributed by atoms with Gasteiger partial charge in [-0.2, -0.15) is 0 Å². The minimum Gasteiger partial charge on any atom is -0.465 e. The number of rotatable bonds is 5. The highest BCUT2D eigenvalue weighted by atomic mass is 32.2. The summed E-state index contributed by atoms with van der Waals surface area (Å²) in [6, 6.07) is 15.5. The predicted octanol–water partition coefficient (Wildman–Crippen LogP) is 3.54. The standard InChI is InChI=1S/C19H19NO3S/c1-23-19(22)15-7-8-17-14(13-15)9-11-20(17)18(21)10-12-24-16-5-3-2-4-6-16/h2-8,13H,9-12H2,1H3. The van der Waals surface area contributed by atoms with E-state index >= 15 is 0 Å². The summed E-state index contributed by atoms with van der Waals surface area (Å²) in [4.78, 5) is 27.1. The van der Waals surface area contributed by atoms with E-state index in [-0.39, 0.29) is 11.9 Å². The van der Waals surface area contributed by atoms with Gasteiger partial charge in [-0.25, -0.2) is 4.79 Å². The number of anilines is 1. The fraction of sp³-hybridized carbons (Fsp3) is 0.263. The number of thioether (sulfide) groups is 1. The highest BCUT2D eigenvalue weighted by molar-refractivity contribution is 7.99. The van der Waals surface area contributed by atoms with Gasteiger partial charge in [0, 0.05) is 29.3 Å². The molecule has 5 heteroatoms. The van der Waals surface area contributed by atoms with Crippen molar-refractivity contribution in [3.63, 3.8) is 0 Å². The normalized spacial score (nSPS) is 12.8. The monoisotopic (exact) mass is 341 g/mol. The molecule has 1 heterocycles. The third-order valence-electron chi connectivity index (χ3n) is 4.03. The van der Waals surface area contributed by atoms with Gasteiger partial charge in [-0.1, -0.05) is 18.2 Å². The summed E-state index contributed by atoms with van der Waals surface area (Å²) in [5.41, 5.74) is 2.48. The van der Waals surface area contributed by atoms with Gasteiger partial charge in [0.2, 0.25) is 5.91 Å². The van der Waals surface area contributed by atoms with E-state index in [1.54, 1.807) is 17.8 Å². The van der Waals surface area contributed by atoms with Gasteiger partial charge in [0.05, 0.1) is 12.7 Å². The molecular formula is C19H19NO3S. The maximum absolute atomic E-state index is 12.5. The van der Waals surface area contributed by atoms with Crippen molar-refractivity contribution in [1.82, 2.24) is 0 Å². The van der Waals surface area contributed by atoms with Gasteiger partial charge in [0.15, 0.2) is 0 Å². The van der Waals surface area contributed by atoms with E-state index in [0.29, 0.717) is 18.5 Å². The van der Waals surface area contributed by atoms with Gasteiger partial charge in [-0.05, 0) is 42.3 Å². The summed E-state index contributed by atoms with van der Waals surface area (Å²) < 4.78 is 4.74. The predicted molar refractivity (Wildman–Crippen MR) is 95.6 cm³/mol. The lowest BCUT2D eigenvalue weighted by molar-refractivity contribution is -0.118. The number of methoxy groups -OCH3 is 1. The topological polar surface area (TPSA) is 46.6 Å². The first-order valence-corrected chi connectivity index (χ1v) is 8.87. The Morgan fingerprint density at radius 1 is 1.17 bits per heavy atom. The molecular weight excluding hydrogens is 322 g/mol. The SMILES string of the molecule is COC(=O)c1ccc2c(c1)CCN2C(=O)CCSc1ccccc1. The lowest BCUT2D eigenvalue weighted by Crippen LogP contribution is -2.29. The first kappa shape index (κ1) is 16.6. The fourth-order valence-electron chi connectivity index (χ4n) is 2.81. The van der Waals surface area contributed by atoms with Crippen molar-refractivity contribution in [3.05, 3.63) is 59.7 Å². The molecule has 4 nitrogen and oxygen atoms in total. The maximum atomic E-state index is 12.5. The van der Waals surface area contributed by atoms with Crippen molar-refractivity contribution < 1.29 is 14.3 Å². The number of fused-ring (bicyclic) bond motifs is 1. The summed E-state index contributed by atoms with van der Waals surface area (Å²) >= 11 is 1.69. The van der Waals surface area contributed by atoms with E-state index in [2.05, 4.69) is 12.1 Å². The highest BCUT2D eigenvalue weighted by Gasteiger charge is 2.25. The molecule has 124 valence electrons. The van der Waals surface area contributed by atoms with Crippen LogP contribution in [0.1, 0.15) is 22.3 Å². The zero-order valence-electron chi connectivity index (χ0n) is 13.5. The van der Waals surface area contributed by atoms with Gasteiger partial charge in [0.25, 0.3) is 0 Å². The zero-order chi connectivity index (χ0) is 16.9. The van der Waals surface area contributed by atoms with Crippen molar-refractivity contribution in [2.24, 2.45) is 0 Å². The maximum Gasteiger partial charge on any atom is 0.337 e. The molecule has 0 unspecified atom stereocenters. The molecule has 3 rings (SSSR count). The van der Waals surface area contributed by atoms with E-state index in [4.69, 9.17) is 4.74 Å². The average molecular weight is 341 g/mol. The Hall–Kier alpha value is -2.27. The third-order valence-corrected chi connectivity index (χ3v) is 5.04. The van der Waals surface area contributed by atoms with Crippen LogP contribution in [-0.2, 0) is 16.0 Å². The smallest absolute Gasteiger partial charge is 0.337 e. The van der Waals surface area contributed by atoms with Crippen LogP contribution >= 0.6 is 11.8 Å². The Bertz CT molecular complexity index is 746. The summed E-state index contributed by atoms with van der Waals surface area (Å²) in [6.45, 7) is 0.675. The molecule has 1 amide bonds. The zero-order valence-corrected chi connectivity index (χ0v) is 14.3. The van der Waals surface area contributed by atoms with Crippen molar-refractivity contribution in [3.8, 4) is 0 Å². The van der Waals surface area contributed by atoms with Crippen LogP contribution in [0.2, 0.25) is 0 Å². The first-order valence-electron chi connectivity index (χ1n) is 7.88. The number of carbonyl (C=O) groups excluding carboxylic acids is 2. The second kappa shape index (κ2) is 7.53. The second-order valence-corrected chi connectivity index (χ2v) is 6.71. The number of amides is 1. The van der Waals surface area contributed by atoms with Crippen molar-refractivity contribution >= 4 is 29.3 Å². The van der Waals surface area contributed by atoms with Crippen molar-refractivity contribution in [1.29, 1.82) is 0 Å². The Morgan fingerprint density at radius 3 is 2.71 bits per heavy atom. The van der Waals surface area contributed by atoms with Crippen LogP contribution in [0.4, 0.5) is 5.69 Å². The Labute approximate surface area is 145 Å². The lowest BCUT2D eigenvalue weighted by atomic mass is 10.1. The van der Waals surface area contributed by atoms with E-state index in [9.17, 15) is 9.59 Å². The third kappa shape index (κ3) is 3.62. The minimum atomic E-state index is -0.346. The summed E-state index contributed by atoms with van der Waals surface area (Å²) in [7, 11) is 1.37. The molecule has 2 aromatic rings. The summed E-state index contributed by atoms with van der Waals surface area (Å²) in [5, 5.41) is 0. The van der Waals surface area contributed by atoms with Crippen LogP contribution in [0, 0.1) is 0 Å². The van der Waals surface area contributed by atoms with Gasteiger partial charge in [-0.15, -0.1) is 11.8 Å². The Kier molecular flexibility index (Phi) is 5.20. The van der Waals surface area contributed by atoms with E-state index in [0.717, 1.165) is 23.4 Å². The number of benzene rings is 2. The van der Waals surface area contributed by atoms with E-state index < -0.39 is 0 Å². The van der Waals surface area contributed by atoms with Gasteiger partial charge in [-0.3, -0.25) is 4.79 Å². The number of esters is 1. The number of hydrogen-bond donors (Lipinski definition) is 0. The molecule has 0 atom stereocenters. The minimum absolute atomic E-state index is 0.128. The van der Waals surface area contributed by atoms with Crippen LogP contribution in [0.5, 0.6) is 0 Å². The van der Waals surface area contributed by atoms with Gasteiger partial charge >= 0.3 is 5.97 Å². The van der Waals surface area contributed by atoms with Gasteiger partial charge < -0.3 is 9.64 Å². The van der Waals surface area contributed by atoms with Crippen molar-refractivity contribution in [2.45, 2.75) is 17.7 Å². The molecule has 0 saturated carbocycles. The molecule has 2 aromatic carbocycles. The van der Waals surface area contributed by atoms with Crippen LogP contribution in [0.3, 0.4) is 0 Å². The lowest BCUT2D eigenvalue weighted by Gasteiger charge is -2.17. The number of hydrogen-bond acceptors (Lipinski definition) is 4. The van der Waals surface area contributed by atoms with Crippen molar-refractivity contribution in [2.75, 3.05) is 24.3 Å². The molecule has 0 aliphatic carbocycles. The molecule has 1 aliphatic heterocycles. The molecule has 0 bridgehead atoms. The van der Waals surface area contributed by atoms with Crippen LogP contribution < -0.4 is 4.90 Å². The quantitative estimate of drug-likeness (QED) is 0.616. The number of carbonyl (C=O) groups is 2. The van der Waals surface area contributed by atoms with Crippen LogP contribution in [-0.4, -0.2) is 31.3 Å². The largest absolute Gasteiger partial charge is 0.465 e. The second-order valence-electron chi connectivity index (χ2n) is 5.54. The molecule has 24 heavy (non-hydrogen) atoms. The molecule has 1 aliphatic rings. The van der Waals surface area contributed by atoms with Crippen LogP contribution in [0.15, 0.2) is 53.4 Å². The first-order chi connectivity index (χ1) is 11.7. The summed E-state index contributed by atoms with van der Waals surface area (Å²) in [6.07, 6.45) is 1.27. The number of ether oxygens (including phenoxy) is 1. The molecule has 0 saturated heterocycles. The van der Waals surface area contributed by atoms with E-state index in [1.165, 1.54) is 12.0 Å². The highest BCUT2D eigenvalue weighted by Crippen LogP contribution is 2.30. The Balaban J connectivity index is 1.61. The fourth-order valence-corrected chi connectivity index (χ4v) is 3.68. The number of nitrogens with zero attached hydrogens (tertiary/aromatic N) is 1. The molecule has 0 N–H and O–H groups in total. The Morgan fingerprint density at radius 2 is 1.96 bits per heavy atom. The average Bonchev–Trinajstić information content (AvgIpc) is 3.05. The van der Waals surface area contributed by atoms with Crippen LogP contribution in [0.25, 0.3) is 0 Å². The molecule has 0 fully saturated rings. The molecule has 0 radical (unpaired) electrons. The molecule has 0 spiro atoms. The van der Waals surface area contributed by atoms with E-state index in [1.807, 2.05) is 35.2 Å². The summed E-state index contributed by atoms with van der Waals surface area (Å²) in [5.74, 6) is 0.541. The molecule has 0 aromatic heterocycles.